The van der Waals surface area contributed by atoms with Gasteiger partial charge in [0.05, 0.1) is 6.26 Å². The van der Waals surface area contributed by atoms with Crippen LogP contribution in [0.1, 0.15) is 11.9 Å². The average Bonchev–Trinajstić information content (AvgIpc) is 2.56. The van der Waals surface area contributed by atoms with Crippen LogP contribution < -0.4 is 0 Å². The molecule has 0 spiro atoms. The minimum atomic E-state index is -1.18. The first-order chi connectivity index (χ1) is 6.16. The summed E-state index contributed by atoms with van der Waals surface area (Å²) in [6.45, 7) is 3.33. The molecule has 0 aromatic carbocycles. The maximum atomic E-state index is 10.6. The summed E-state index contributed by atoms with van der Waals surface area (Å²) in [6, 6.07) is 3.10. The molecule has 0 radical (unpaired) electrons. The quantitative estimate of drug-likeness (QED) is 0.686. The molecule has 0 saturated heterocycles. The molecule has 2 atom stereocenters. The van der Waals surface area contributed by atoms with Crippen LogP contribution in [0.2, 0.25) is 0 Å². The van der Waals surface area contributed by atoms with E-state index in [0.29, 0.717) is 0 Å². The van der Waals surface area contributed by atoms with Crippen molar-refractivity contribution in [3.63, 3.8) is 0 Å². The van der Waals surface area contributed by atoms with Gasteiger partial charge in [0.2, 0.25) is 0 Å². The molecule has 0 saturated carbocycles. The first-order valence-corrected chi connectivity index (χ1v) is 3.73. The highest BCUT2D eigenvalue weighted by molar-refractivity contribution is 5.72. The number of aliphatic carboxylic acids is 1. The van der Waals surface area contributed by atoms with Crippen LogP contribution in [0.4, 0.5) is 0 Å². The Morgan fingerprint density at radius 2 is 2.38 bits per heavy atom. The molecule has 0 aliphatic carbocycles. The molecule has 1 rings (SSSR count). The van der Waals surface area contributed by atoms with Gasteiger partial charge in [-0.3, -0.25) is 4.79 Å². The van der Waals surface area contributed by atoms with Crippen molar-refractivity contribution in [1.29, 1.82) is 0 Å². The molecule has 13 heavy (non-hydrogen) atoms. The molecule has 0 amide bonds. The Hall–Kier alpha value is -1.55. The SMILES string of the molecule is C=C[C@@H](C(=O)O)[C@H](O)c1ccco1. The molecule has 0 aliphatic rings. The van der Waals surface area contributed by atoms with Crippen LogP contribution in [0, 0.1) is 5.92 Å². The highest BCUT2D eigenvalue weighted by Crippen LogP contribution is 2.23. The van der Waals surface area contributed by atoms with E-state index in [2.05, 4.69) is 6.58 Å². The Bertz CT molecular complexity index is 289. The van der Waals surface area contributed by atoms with Gasteiger partial charge in [0, 0.05) is 0 Å². The Balaban J connectivity index is 2.82. The second-order valence-corrected chi connectivity index (χ2v) is 2.56. The second kappa shape index (κ2) is 3.91. The normalized spacial score (nSPS) is 14.8. The Morgan fingerprint density at radius 1 is 1.69 bits per heavy atom. The number of furan rings is 1. The third-order valence-corrected chi connectivity index (χ3v) is 1.71. The van der Waals surface area contributed by atoms with Crippen molar-refractivity contribution in [2.75, 3.05) is 0 Å². The van der Waals surface area contributed by atoms with Gasteiger partial charge in [-0.25, -0.2) is 0 Å². The fourth-order valence-electron chi connectivity index (χ4n) is 1.00. The fraction of sp³-hybridized carbons (Fsp3) is 0.222. The highest BCUT2D eigenvalue weighted by atomic mass is 16.4. The maximum Gasteiger partial charge on any atom is 0.313 e. The minimum Gasteiger partial charge on any atom is -0.481 e. The van der Waals surface area contributed by atoms with Crippen LogP contribution in [-0.4, -0.2) is 16.2 Å². The Morgan fingerprint density at radius 3 is 2.77 bits per heavy atom. The van der Waals surface area contributed by atoms with Gasteiger partial charge in [0.1, 0.15) is 17.8 Å². The van der Waals surface area contributed by atoms with Crippen LogP contribution in [0.15, 0.2) is 35.5 Å². The number of carboxylic acids is 1. The standard InChI is InChI=1S/C9H10O4/c1-2-6(9(11)12)8(10)7-4-3-5-13-7/h2-6,8,10H,1H2,(H,11,12)/t6-,8+/m1/s1. The third kappa shape index (κ3) is 1.97. The van der Waals surface area contributed by atoms with E-state index in [0.717, 1.165) is 0 Å². The Kier molecular flexibility index (Phi) is 2.87. The maximum absolute atomic E-state index is 10.6. The van der Waals surface area contributed by atoms with E-state index in [9.17, 15) is 9.90 Å². The molecule has 4 heteroatoms. The second-order valence-electron chi connectivity index (χ2n) is 2.56. The highest BCUT2D eigenvalue weighted by Gasteiger charge is 2.26. The number of aliphatic hydroxyl groups excluding tert-OH is 1. The lowest BCUT2D eigenvalue weighted by Gasteiger charge is -2.12. The van der Waals surface area contributed by atoms with Crippen molar-refractivity contribution < 1.29 is 19.4 Å². The van der Waals surface area contributed by atoms with Crippen LogP contribution in [0.5, 0.6) is 0 Å². The first kappa shape index (κ1) is 9.54. The van der Waals surface area contributed by atoms with E-state index in [1.807, 2.05) is 0 Å². The van der Waals surface area contributed by atoms with Crippen molar-refractivity contribution in [1.82, 2.24) is 0 Å². The van der Waals surface area contributed by atoms with E-state index >= 15 is 0 Å². The molecular formula is C9H10O4. The zero-order valence-corrected chi connectivity index (χ0v) is 6.88. The molecule has 0 aliphatic heterocycles. The fourth-order valence-corrected chi connectivity index (χ4v) is 1.00. The first-order valence-electron chi connectivity index (χ1n) is 3.73. The average molecular weight is 182 g/mol. The summed E-state index contributed by atoms with van der Waals surface area (Å²) in [5, 5.41) is 18.2. The van der Waals surface area contributed by atoms with Crippen molar-refractivity contribution >= 4 is 5.97 Å². The molecule has 0 unspecified atom stereocenters. The van der Waals surface area contributed by atoms with Crippen molar-refractivity contribution in [3.05, 3.63) is 36.8 Å². The lowest BCUT2D eigenvalue weighted by atomic mass is 10.0. The van der Waals surface area contributed by atoms with E-state index < -0.39 is 18.0 Å². The van der Waals surface area contributed by atoms with Gasteiger partial charge in [-0.15, -0.1) is 6.58 Å². The van der Waals surface area contributed by atoms with E-state index in [1.54, 1.807) is 6.07 Å². The van der Waals surface area contributed by atoms with Gasteiger partial charge in [-0.1, -0.05) is 6.08 Å². The molecule has 1 aromatic heterocycles. The molecule has 2 N–H and O–H groups in total. The lowest BCUT2D eigenvalue weighted by molar-refractivity contribution is -0.143. The van der Waals surface area contributed by atoms with Gasteiger partial charge in [0.15, 0.2) is 0 Å². The number of hydrogen-bond acceptors (Lipinski definition) is 3. The number of carbonyl (C=O) groups is 1. The molecule has 1 heterocycles. The van der Waals surface area contributed by atoms with Crippen LogP contribution >= 0.6 is 0 Å². The topological polar surface area (TPSA) is 70.7 Å². The van der Waals surface area contributed by atoms with Crippen molar-refractivity contribution in [3.8, 4) is 0 Å². The summed E-state index contributed by atoms with van der Waals surface area (Å²) in [6.07, 6.45) is 1.38. The van der Waals surface area contributed by atoms with Crippen LogP contribution in [0.3, 0.4) is 0 Å². The summed E-state index contributed by atoms with van der Waals surface area (Å²) in [5.41, 5.74) is 0. The Labute approximate surface area is 75.1 Å². The monoisotopic (exact) mass is 182 g/mol. The molecule has 70 valence electrons. The van der Waals surface area contributed by atoms with Crippen molar-refractivity contribution in [2.45, 2.75) is 6.10 Å². The largest absolute Gasteiger partial charge is 0.481 e. The predicted molar refractivity (Wildman–Crippen MR) is 45.0 cm³/mol. The summed E-state index contributed by atoms with van der Waals surface area (Å²) < 4.78 is 4.87. The summed E-state index contributed by atoms with van der Waals surface area (Å²) >= 11 is 0. The zero-order chi connectivity index (χ0) is 9.84. The third-order valence-electron chi connectivity index (χ3n) is 1.71. The molecular weight excluding hydrogens is 172 g/mol. The van der Waals surface area contributed by atoms with E-state index in [-0.39, 0.29) is 5.76 Å². The van der Waals surface area contributed by atoms with Gasteiger partial charge in [-0.2, -0.15) is 0 Å². The zero-order valence-electron chi connectivity index (χ0n) is 6.88. The number of rotatable bonds is 4. The lowest BCUT2D eigenvalue weighted by Crippen LogP contribution is -2.19. The number of aliphatic hydroxyl groups is 1. The number of carboxylic acid groups (broad SMARTS) is 1. The van der Waals surface area contributed by atoms with Gasteiger partial charge >= 0.3 is 5.97 Å². The summed E-state index contributed by atoms with van der Waals surface area (Å²) in [4.78, 5) is 10.6. The van der Waals surface area contributed by atoms with Crippen LogP contribution in [-0.2, 0) is 4.79 Å². The smallest absolute Gasteiger partial charge is 0.313 e. The van der Waals surface area contributed by atoms with Gasteiger partial charge in [0.25, 0.3) is 0 Å². The van der Waals surface area contributed by atoms with Crippen molar-refractivity contribution in [2.24, 2.45) is 5.92 Å². The predicted octanol–water partition coefficient (Wildman–Crippen LogP) is 1.20. The number of hydrogen-bond donors (Lipinski definition) is 2. The van der Waals surface area contributed by atoms with Gasteiger partial charge < -0.3 is 14.6 Å². The van der Waals surface area contributed by atoms with Crippen LogP contribution in [0.25, 0.3) is 0 Å². The molecule has 4 nitrogen and oxygen atoms in total. The van der Waals surface area contributed by atoms with E-state index in [4.69, 9.17) is 9.52 Å². The molecule has 0 bridgehead atoms. The van der Waals surface area contributed by atoms with Gasteiger partial charge in [-0.05, 0) is 12.1 Å². The summed E-state index contributed by atoms with van der Waals surface area (Å²) in [7, 11) is 0. The minimum absolute atomic E-state index is 0.229. The summed E-state index contributed by atoms with van der Waals surface area (Å²) in [5.74, 6) is -1.93. The molecule has 1 aromatic rings. The van der Waals surface area contributed by atoms with E-state index in [1.165, 1.54) is 18.4 Å². The molecule has 0 fully saturated rings.